The molecule has 0 saturated carbocycles. The SMILES string of the molecule is COc1ncccc1-c1cc(=O)[nH]c(C2CCN(C(=O)Cc3ccccc3)C2)n1. The highest BCUT2D eigenvalue weighted by Gasteiger charge is 2.29. The zero-order chi connectivity index (χ0) is 20.2. The number of carbonyl (C=O) groups is 1. The number of aromatic nitrogens is 3. The summed E-state index contributed by atoms with van der Waals surface area (Å²) < 4.78 is 5.29. The number of rotatable bonds is 5. The van der Waals surface area contributed by atoms with Crippen LogP contribution < -0.4 is 10.3 Å². The van der Waals surface area contributed by atoms with Crippen molar-refractivity contribution < 1.29 is 9.53 Å². The molecule has 3 heterocycles. The van der Waals surface area contributed by atoms with E-state index in [4.69, 9.17) is 4.74 Å². The first-order valence-corrected chi connectivity index (χ1v) is 9.56. The van der Waals surface area contributed by atoms with Crippen molar-refractivity contribution in [3.05, 3.63) is 76.5 Å². The van der Waals surface area contributed by atoms with Crippen LogP contribution in [0.4, 0.5) is 0 Å². The summed E-state index contributed by atoms with van der Waals surface area (Å²) in [5.41, 5.74) is 1.95. The standard InChI is InChI=1S/C22H22N4O3/c1-29-22-17(8-5-10-23-22)18-13-19(27)25-21(24-18)16-9-11-26(14-16)20(28)12-15-6-3-2-4-7-15/h2-8,10,13,16H,9,11-12,14H2,1H3,(H,24,25,27). The van der Waals surface area contributed by atoms with Crippen LogP contribution in [-0.2, 0) is 11.2 Å². The lowest BCUT2D eigenvalue weighted by Gasteiger charge is -2.17. The largest absolute Gasteiger partial charge is 0.481 e. The Morgan fingerprint density at radius 3 is 2.86 bits per heavy atom. The lowest BCUT2D eigenvalue weighted by molar-refractivity contribution is -0.129. The van der Waals surface area contributed by atoms with Crippen molar-refractivity contribution in [1.29, 1.82) is 0 Å². The van der Waals surface area contributed by atoms with Crippen LogP contribution in [0.2, 0.25) is 0 Å². The van der Waals surface area contributed by atoms with Crippen molar-refractivity contribution in [2.75, 3.05) is 20.2 Å². The molecule has 4 rings (SSSR count). The van der Waals surface area contributed by atoms with E-state index in [2.05, 4.69) is 15.0 Å². The Kier molecular flexibility index (Phi) is 5.37. The third kappa shape index (κ3) is 4.18. The summed E-state index contributed by atoms with van der Waals surface area (Å²) >= 11 is 0. The molecule has 1 aromatic carbocycles. The van der Waals surface area contributed by atoms with Crippen LogP contribution in [0.15, 0.2) is 59.5 Å². The Balaban J connectivity index is 1.53. The van der Waals surface area contributed by atoms with E-state index >= 15 is 0 Å². The van der Waals surface area contributed by atoms with E-state index in [1.165, 1.54) is 13.2 Å². The maximum Gasteiger partial charge on any atom is 0.251 e. The van der Waals surface area contributed by atoms with Crippen LogP contribution in [0.3, 0.4) is 0 Å². The van der Waals surface area contributed by atoms with Crippen molar-refractivity contribution in [3.8, 4) is 17.1 Å². The predicted octanol–water partition coefficient (Wildman–Crippen LogP) is 2.40. The number of nitrogens with one attached hydrogen (secondary N) is 1. The van der Waals surface area contributed by atoms with Crippen LogP contribution >= 0.6 is 0 Å². The number of ether oxygens (including phenoxy) is 1. The van der Waals surface area contributed by atoms with Gasteiger partial charge in [-0.1, -0.05) is 30.3 Å². The van der Waals surface area contributed by atoms with Crippen LogP contribution in [0.1, 0.15) is 23.7 Å². The Labute approximate surface area is 168 Å². The fraction of sp³-hybridized carbons (Fsp3) is 0.273. The molecular formula is C22H22N4O3. The van der Waals surface area contributed by atoms with E-state index in [0.29, 0.717) is 42.5 Å². The van der Waals surface area contributed by atoms with Crippen molar-refractivity contribution in [2.24, 2.45) is 0 Å². The number of aromatic amines is 1. The van der Waals surface area contributed by atoms with E-state index < -0.39 is 0 Å². The summed E-state index contributed by atoms with van der Waals surface area (Å²) in [5, 5.41) is 0. The molecule has 1 aliphatic rings. The highest BCUT2D eigenvalue weighted by molar-refractivity contribution is 5.79. The summed E-state index contributed by atoms with van der Waals surface area (Å²) in [7, 11) is 1.53. The fourth-order valence-electron chi connectivity index (χ4n) is 3.65. The zero-order valence-electron chi connectivity index (χ0n) is 16.2. The molecule has 7 heteroatoms. The second kappa shape index (κ2) is 8.26. The van der Waals surface area contributed by atoms with Gasteiger partial charge in [-0.3, -0.25) is 9.59 Å². The molecule has 1 saturated heterocycles. The number of hydrogen-bond acceptors (Lipinski definition) is 5. The van der Waals surface area contributed by atoms with Gasteiger partial charge in [-0.15, -0.1) is 0 Å². The minimum absolute atomic E-state index is 0.00922. The van der Waals surface area contributed by atoms with E-state index in [9.17, 15) is 9.59 Å². The molecule has 0 radical (unpaired) electrons. The number of likely N-dealkylation sites (tertiary alicyclic amines) is 1. The van der Waals surface area contributed by atoms with E-state index in [0.717, 1.165) is 12.0 Å². The Morgan fingerprint density at radius 2 is 2.07 bits per heavy atom. The molecular weight excluding hydrogens is 368 g/mol. The Hall–Kier alpha value is -3.48. The van der Waals surface area contributed by atoms with Crippen LogP contribution in [0.5, 0.6) is 5.88 Å². The van der Waals surface area contributed by atoms with Gasteiger partial charge < -0.3 is 14.6 Å². The average molecular weight is 390 g/mol. The molecule has 0 bridgehead atoms. The van der Waals surface area contributed by atoms with Crippen molar-refractivity contribution in [2.45, 2.75) is 18.8 Å². The highest BCUT2D eigenvalue weighted by Crippen LogP contribution is 2.28. The zero-order valence-corrected chi connectivity index (χ0v) is 16.2. The van der Waals surface area contributed by atoms with Gasteiger partial charge in [0.25, 0.3) is 5.56 Å². The van der Waals surface area contributed by atoms with Crippen LogP contribution in [-0.4, -0.2) is 46.0 Å². The smallest absolute Gasteiger partial charge is 0.251 e. The molecule has 3 aromatic rings. The molecule has 2 aromatic heterocycles. The number of amides is 1. The van der Waals surface area contributed by atoms with Crippen molar-refractivity contribution in [3.63, 3.8) is 0 Å². The minimum Gasteiger partial charge on any atom is -0.481 e. The van der Waals surface area contributed by atoms with E-state index in [-0.39, 0.29) is 17.4 Å². The Morgan fingerprint density at radius 1 is 1.24 bits per heavy atom. The maximum absolute atomic E-state index is 12.6. The van der Waals surface area contributed by atoms with Gasteiger partial charge in [-0.05, 0) is 24.1 Å². The predicted molar refractivity (Wildman–Crippen MR) is 109 cm³/mol. The minimum atomic E-state index is -0.232. The number of pyridine rings is 1. The van der Waals surface area contributed by atoms with Crippen LogP contribution in [0, 0.1) is 0 Å². The third-order valence-corrected chi connectivity index (χ3v) is 5.13. The Bertz CT molecular complexity index is 1060. The maximum atomic E-state index is 12.6. The molecule has 1 fully saturated rings. The first-order chi connectivity index (χ1) is 14.1. The molecule has 0 spiro atoms. The number of methoxy groups -OCH3 is 1. The van der Waals surface area contributed by atoms with Gasteiger partial charge in [0.1, 0.15) is 5.82 Å². The molecule has 148 valence electrons. The molecule has 29 heavy (non-hydrogen) atoms. The highest BCUT2D eigenvalue weighted by atomic mass is 16.5. The number of hydrogen-bond donors (Lipinski definition) is 1. The molecule has 1 atom stereocenters. The number of carbonyl (C=O) groups excluding carboxylic acids is 1. The number of H-pyrrole nitrogens is 1. The molecule has 0 aliphatic carbocycles. The first kappa shape index (κ1) is 18.9. The summed E-state index contributed by atoms with van der Waals surface area (Å²) in [6.07, 6.45) is 2.77. The normalized spacial score (nSPS) is 16.0. The van der Waals surface area contributed by atoms with Gasteiger partial charge in [0, 0.05) is 31.3 Å². The summed E-state index contributed by atoms with van der Waals surface area (Å²) in [6.45, 7) is 1.20. The first-order valence-electron chi connectivity index (χ1n) is 9.56. The van der Waals surface area contributed by atoms with Gasteiger partial charge in [-0.2, -0.15) is 0 Å². The van der Waals surface area contributed by atoms with Crippen LogP contribution in [0.25, 0.3) is 11.3 Å². The topological polar surface area (TPSA) is 88.2 Å². The molecule has 1 N–H and O–H groups in total. The average Bonchev–Trinajstić information content (AvgIpc) is 3.24. The second-order valence-corrected chi connectivity index (χ2v) is 7.06. The van der Waals surface area contributed by atoms with Gasteiger partial charge in [0.05, 0.1) is 24.8 Å². The lowest BCUT2D eigenvalue weighted by atomic mass is 10.1. The molecule has 1 unspecified atom stereocenters. The van der Waals surface area contributed by atoms with Crippen molar-refractivity contribution in [1.82, 2.24) is 19.9 Å². The van der Waals surface area contributed by atoms with Gasteiger partial charge in [0.2, 0.25) is 11.8 Å². The second-order valence-electron chi connectivity index (χ2n) is 7.06. The quantitative estimate of drug-likeness (QED) is 0.723. The monoisotopic (exact) mass is 390 g/mol. The molecule has 7 nitrogen and oxygen atoms in total. The number of benzene rings is 1. The fourth-order valence-corrected chi connectivity index (χ4v) is 3.65. The van der Waals surface area contributed by atoms with Gasteiger partial charge in [-0.25, -0.2) is 9.97 Å². The molecule has 1 amide bonds. The van der Waals surface area contributed by atoms with Crippen molar-refractivity contribution >= 4 is 5.91 Å². The summed E-state index contributed by atoms with van der Waals surface area (Å²) in [4.78, 5) is 38.4. The molecule has 1 aliphatic heterocycles. The summed E-state index contributed by atoms with van der Waals surface area (Å²) in [6, 6.07) is 14.7. The van der Waals surface area contributed by atoms with E-state index in [1.54, 1.807) is 12.3 Å². The lowest BCUT2D eigenvalue weighted by Crippen LogP contribution is -2.30. The van der Waals surface area contributed by atoms with Gasteiger partial charge in [0.15, 0.2) is 0 Å². The summed E-state index contributed by atoms with van der Waals surface area (Å²) in [5.74, 6) is 1.09. The third-order valence-electron chi connectivity index (χ3n) is 5.13. The van der Waals surface area contributed by atoms with Gasteiger partial charge >= 0.3 is 0 Å². The number of nitrogens with zero attached hydrogens (tertiary/aromatic N) is 3. The van der Waals surface area contributed by atoms with E-state index in [1.807, 2.05) is 41.3 Å².